The minimum Gasteiger partial charge on any atom is -0.311 e. The van der Waals surface area contributed by atoms with Gasteiger partial charge in [-0.3, -0.25) is 0 Å². The van der Waals surface area contributed by atoms with Crippen LogP contribution < -0.4 is 36.0 Å². The number of benzene rings is 18. The van der Waals surface area contributed by atoms with E-state index in [2.05, 4.69) is 524 Å². The molecule has 0 unspecified atom stereocenters. The predicted octanol–water partition coefficient (Wildman–Crippen LogP) is 32.9. The molecule has 18 aromatic carbocycles. The van der Waals surface area contributed by atoms with Gasteiger partial charge in [-0.25, -0.2) is 0 Å². The van der Waals surface area contributed by atoms with E-state index < -0.39 is 10.8 Å². The minimum absolute atomic E-state index is 0.0637. The molecule has 6 aliphatic rings. The van der Waals surface area contributed by atoms with Crippen molar-refractivity contribution in [1.29, 1.82) is 0 Å². The normalized spacial score (nSPS) is 14.1. The van der Waals surface area contributed by atoms with Gasteiger partial charge in [-0.2, -0.15) is 0 Å². The molecule has 4 nitrogen and oxygen atoms in total. The Morgan fingerprint density at radius 2 is 0.422 bits per heavy atom. The molecule has 5 heteroatoms. The molecule has 2 spiro atoms. The van der Waals surface area contributed by atoms with Gasteiger partial charge in [0, 0.05) is 68.0 Å². The van der Waals surface area contributed by atoms with E-state index in [0.29, 0.717) is 0 Å². The van der Waals surface area contributed by atoms with Crippen LogP contribution in [0.4, 0.5) is 68.2 Å². The summed E-state index contributed by atoms with van der Waals surface area (Å²) in [6.07, 6.45) is 0. The highest BCUT2D eigenvalue weighted by Crippen LogP contribution is 2.66. The Morgan fingerprint density at radius 3 is 0.711 bits per heavy atom. The van der Waals surface area contributed by atoms with Crippen LogP contribution in [0.25, 0.3) is 77.9 Å². The van der Waals surface area contributed by atoms with Crippen molar-refractivity contribution in [2.24, 2.45) is 0 Å². The maximum atomic E-state index is 2.70. The SMILES string of the molecule is CC(C)(C)c1ccc(-c2cc3c4c(c2)N(c2ccccc2-c2ccc5c(c2)-c2ccccc2C52c5ccccc5-c5ccccc52)c2cc(N(c5ccc(C(C)(C)C)cc5)c5ccc(C(C)(C)C)cc5)ccc2B4c2ccc(N(c4ccc(C(C)(C)C)cc4)c4ccc(C(C)(C)C)cc4)cc2N3c2ccccc2-c2ccc3c(c2)-c2ccccc2C32c3ccccc3-c3ccccc32)cc1. The molecule has 18 aromatic rings. The molecule has 135 heavy (non-hydrogen) atoms. The van der Waals surface area contributed by atoms with Crippen LogP contribution in [0.15, 0.2) is 400 Å². The molecular weight excluding hydrogens is 1630 g/mol. The van der Waals surface area contributed by atoms with Crippen molar-refractivity contribution in [3.8, 4) is 77.9 Å². The summed E-state index contributed by atoms with van der Waals surface area (Å²) in [6.45, 7) is 34.4. The highest BCUT2D eigenvalue weighted by molar-refractivity contribution is 7.00. The topological polar surface area (TPSA) is 13.0 Å². The zero-order chi connectivity index (χ0) is 92.3. The largest absolute Gasteiger partial charge is 0.311 e. The number of rotatable bonds is 11. The van der Waals surface area contributed by atoms with E-state index in [9.17, 15) is 0 Å². The maximum Gasteiger partial charge on any atom is 0.252 e. The first-order valence-electron chi connectivity index (χ1n) is 48.4. The summed E-state index contributed by atoms with van der Waals surface area (Å²) < 4.78 is 0. The fourth-order valence-corrected chi connectivity index (χ4v) is 23.8. The van der Waals surface area contributed by atoms with Crippen LogP contribution in [0.2, 0.25) is 0 Å². The van der Waals surface area contributed by atoms with E-state index in [1.54, 1.807) is 0 Å². The van der Waals surface area contributed by atoms with Crippen molar-refractivity contribution in [3.05, 3.63) is 473 Å². The van der Waals surface area contributed by atoms with Gasteiger partial charge in [-0.15, -0.1) is 0 Å². The molecule has 0 bridgehead atoms. The van der Waals surface area contributed by atoms with Crippen LogP contribution in [0.3, 0.4) is 0 Å². The number of fused-ring (bicyclic) bond motifs is 24. The molecule has 0 N–H and O–H groups in total. The van der Waals surface area contributed by atoms with Gasteiger partial charge < -0.3 is 19.6 Å². The standard InChI is InChI=1S/C130H111BN4/c1-124(2,3)86-52-48-82(49-53-86)85-78-121-123-122(79-85)135(118-47-31-23-33-98(118)84-51-73-114-106(77-84)104-39-21-29-45-112(104)130(114)109-42-26-18-36-101(109)102-37-19-27-43-110(102)130)120-81-96(133(93-66-58-89(59-67-93)127(10,11)12)94-68-60-90(61-69-94)128(13,14)15)71-75-116(120)131(123)115-74-70-95(132(91-62-54-87(55-63-91)125(4,5)6)92-64-56-88(57-65-92)126(7,8)9)80-119(115)134(121)117-46-30-22-32-97(117)83-50-72-113-105(76-83)103-38-20-28-44-111(103)129(113)107-40-24-16-34-99(107)100-35-17-25-41-108(100)129/h16-81H,1-15H3. The van der Waals surface area contributed by atoms with E-state index in [0.717, 1.165) is 102 Å². The van der Waals surface area contributed by atoms with Crippen molar-refractivity contribution in [2.45, 2.75) is 142 Å². The van der Waals surface area contributed by atoms with Gasteiger partial charge >= 0.3 is 0 Å². The lowest BCUT2D eigenvalue weighted by molar-refractivity contribution is 0.590. The average molecular weight is 1740 g/mol. The van der Waals surface area contributed by atoms with Crippen LogP contribution >= 0.6 is 0 Å². The highest BCUT2D eigenvalue weighted by atomic mass is 15.2. The number of hydrogen-bond donors (Lipinski definition) is 0. The lowest BCUT2D eigenvalue weighted by Crippen LogP contribution is -2.61. The number of hydrogen-bond acceptors (Lipinski definition) is 4. The van der Waals surface area contributed by atoms with E-state index >= 15 is 0 Å². The lowest BCUT2D eigenvalue weighted by atomic mass is 9.33. The Balaban J connectivity index is 0.794. The van der Waals surface area contributed by atoms with E-state index in [1.807, 2.05) is 0 Å². The van der Waals surface area contributed by atoms with Crippen LogP contribution in [-0.4, -0.2) is 6.71 Å². The van der Waals surface area contributed by atoms with Gasteiger partial charge in [-0.05, 0) is 292 Å². The zero-order valence-corrected chi connectivity index (χ0v) is 80.0. The van der Waals surface area contributed by atoms with Crippen molar-refractivity contribution < 1.29 is 0 Å². The number of nitrogens with zero attached hydrogens (tertiary/aromatic N) is 4. The van der Waals surface area contributed by atoms with Crippen molar-refractivity contribution in [3.63, 3.8) is 0 Å². The Labute approximate surface area is 797 Å². The molecule has 0 saturated carbocycles. The van der Waals surface area contributed by atoms with Crippen LogP contribution in [-0.2, 0) is 37.9 Å². The number of para-hydroxylation sites is 2. The summed E-state index contributed by atoms with van der Waals surface area (Å²) in [5.41, 5.74) is 49.3. The van der Waals surface area contributed by atoms with Crippen molar-refractivity contribution in [1.82, 2.24) is 0 Å². The molecule has 24 rings (SSSR count). The quantitative estimate of drug-likeness (QED) is 0.120. The van der Waals surface area contributed by atoms with Crippen LogP contribution in [0, 0.1) is 0 Å². The van der Waals surface area contributed by atoms with Gasteiger partial charge in [0.05, 0.1) is 22.2 Å². The first-order chi connectivity index (χ1) is 65.1. The second-order valence-corrected chi connectivity index (χ2v) is 43.5. The van der Waals surface area contributed by atoms with Gasteiger partial charge in [-0.1, -0.05) is 395 Å². The second kappa shape index (κ2) is 30.4. The highest BCUT2D eigenvalue weighted by Gasteiger charge is 2.54. The van der Waals surface area contributed by atoms with Crippen molar-refractivity contribution >= 4 is 91.3 Å². The Morgan fingerprint density at radius 1 is 0.185 bits per heavy atom. The molecule has 654 valence electrons. The monoisotopic (exact) mass is 1740 g/mol. The Hall–Kier alpha value is -14.8. The molecule has 2 aliphatic heterocycles. The smallest absolute Gasteiger partial charge is 0.252 e. The Bertz CT molecular complexity index is 7230. The average Bonchev–Trinajstić information content (AvgIpc) is 1.63. The molecule has 2 heterocycles. The first kappa shape index (κ1) is 83.3. The first-order valence-corrected chi connectivity index (χ1v) is 48.4. The second-order valence-electron chi connectivity index (χ2n) is 43.5. The summed E-state index contributed by atoms with van der Waals surface area (Å²) in [5.74, 6) is 0. The lowest BCUT2D eigenvalue weighted by Gasteiger charge is -2.45. The molecular formula is C130H111BN4. The van der Waals surface area contributed by atoms with Gasteiger partial charge in [0.25, 0.3) is 6.71 Å². The zero-order valence-electron chi connectivity index (χ0n) is 80.0. The molecule has 0 radical (unpaired) electrons. The molecule has 0 atom stereocenters. The summed E-state index contributed by atoms with van der Waals surface area (Å²) in [7, 11) is 0. The predicted molar refractivity (Wildman–Crippen MR) is 572 cm³/mol. The summed E-state index contributed by atoms with van der Waals surface area (Å²) >= 11 is 0. The van der Waals surface area contributed by atoms with E-state index in [4.69, 9.17) is 0 Å². The third kappa shape index (κ3) is 12.8. The molecule has 0 amide bonds. The Kier molecular flexibility index (Phi) is 18.7. The fourth-order valence-electron chi connectivity index (χ4n) is 23.8. The maximum absolute atomic E-state index is 2.70. The van der Waals surface area contributed by atoms with Gasteiger partial charge in [0.2, 0.25) is 0 Å². The molecule has 4 aliphatic carbocycles. The summed E-state index contributed by atoms with van der Waals surface area (Å²) in [5, 5.41) is 0. The third-order valence-electron chi connectivity index (χ3n) is 30.5. The number of anilines is 12. The summed E-state index contributed by atoms with van der Waals surface area (Å²) in [4.78, 5) is 10.4. The van der Waals surface area contributed by atoms with E-state index in [-0.39, 0.29) is 33.8 Å². The summed E-state index contributed by atoms with van der Waals surface area (Å²) in [6, 6.07) is 156. The molecule has 0 saturated heterocycles. The fraction of sp³-hybridized carbons (Fsp3) is 0.169. The molecule has 0 aromatic heterocycles. The van der Waals surface area contributed by atoms with E-state index in [1.165, 1.54) is 133 Å². The van der Waals surface area contributed by atoms with Crippen LogP contribution in [0.1, 0.15) is 176 Å². The van der Waals surface area contributed by atoms with Gasteiger partial charge in [0.1, 0.15) is 0 Å². The minimum atomic E-state index is -0.510. The molecule has 0 fully saturated rings. The van der Waals surface area contributed by atoms with Crippen LogP contribution in [0.5, 0.6) is 0 Å². The third-order valence-corrected chi connectivity index (χ3v) is 30.5. The van der Waals surface area contributed by atoms with Crippen molar-refractivity contribution in [2.75, 3.05) is 19.6 Å². The van der Waals surface area contributed by atoms with Gasteiger partial charge in [0.15, 0.2) is 0 Å².